The molecule has 92 valence electrons. The topological polar surface area (TPSA) is 66.4 Å². The van der Waals surface area contributed by atoms with Crippen LogP contribution in [0, 0.1) is 5.92 Å². The van der Waals surface area contributed by atoms with E-state index >= 15 is 0 Å². The number of carboxylic acid groups (broad SMARTS) is 1. The van der Waals surface area contributed by atoms with E-state index in [2.05, 4.69) is 19.2 Å². The van der Waals surface area contributed by atoms with Crippen molar-refractivity contribution >= 4 is 23.6 Å². The fourth-order valence-corrected chi connectivity index (χ4v) is 2.91. The third-order valence-corrected chi connectivity index (χ3v) is 4.03. The molecule has 1 saturated carbocycles. The molecule has 0 aromatic heterocycles. The molecule has 0 aliphatic heterocycles. The molecule has 0 radical (unpaired) electrons. The van der Waals surface area contributed by atoms with Crippen molar-refractivity contribution in [3.8, 4) is 0 Å². The molecular weight excluding hydrogens is 226 g/mol. The van der Waals surface area contributed by atoms with E-state index in [4.69, 9.17) is 5.11 Å². The van der Waals surface area contributed by atoms with Crippen molar-refractivity contribution in [2.75, 3.05) is 5.75 Å². The van der Waals surface area contributed by atoms with Gasteiger partial charge in [0.15, 0.2) is 0 Å². The number of Topliss-reactive ketones (excluding diaryl/α,β-unsaturated/α-hetero) is 1. The molecule has 1 fully saturated rings. The van der Waals surface area contributed by atoms with E-state index in [0.717, 1.165) is 5.75 Å². The van der Waals surface area contributed by atoms with Crippen LogP contribution in [0.3, 0.4) is 0 Å². The summed E-state index contributed by atoms with van der Waals surface area (Å²) in [5.74, 6) is 1.27. The second-order valence-corrected chi connectivity index (χ2v) is 6.09. The Hall–Kier alpha value is -0.710. The van der Waals surface area contributed by atoms with Crippen LogP contribution in [0.2, 0.25) is 0 Å². The van der Waals surface area contributed by atoms with Gasteiger partial charge in [-0.25, -0.2) is 4.79 Å². The summed E-state index contributed by atoms with van der Waals surface area (Å²) in [6, 6.07) is -0.0542. The summed E-state index contributed by atoms with van der Waals surface area (Å²) in [4.78, 5) is 22.0. The van der Waals surface area contributed by atoms with E-state index in [1.807, 2.05) is 0 Å². The molecule has 0 unspecified atom stereocenters. The van der Waals surface area contributed by atoms with Crippen LogP contribution < -0.4 is 5.32 Å². The Labute approximate surface area is 100 Å². The monoisotopic (exact) mass is 245 g/mol. The summed E-state index contributed by atoms with van der Waals surface area (Å²) in [7, 11) is 0. The van der Waals surface area contributed by atoms with Crippen molar-refractivity contribution < 1.29 is 14.7 Å². The molecule has 4 nitrogen and oxygen atoms in total. The lowest BCUT2D eigenvalue weighted by atomic mass is 9.85. The second kappa shape index (κ2) is 6.13. The quantitative estimate of drug-likeness (QED) is 0.796. The number of hydrogen-bond acceptors (Lipinski definition) is 3. The van der Waals surface area contributed by atoms with Crippen LogP contribution in [0.25, 0.3) is 0 Å². The average molecular weight is 245 g/mol. The van der Waals surface area contributed by atoms with Gasteiger partial charge in [0.1, 0.15) is 5.78 Å². The third-order valence-electron chi connectivity index (χ3n) is 2.75. The predicted molar refractivity (Wildman–Crippen MR) is 64.9 cm³/mol. The van der Waals surface area contributed by atoms with Gasteiger partial charge >= 0.3 is 6.09 Å². The molecule has 1 aliphatic carbocycles. The van der Waals surface area contributed by atoms with Gasteiger partial charge in [0.25, 0.3) is 0 Å². The predicted octanol–water partition coefficient (Wildman–Crippen LogP) is 2.13. The first-order chi connectivity index (χ1) is 7.49. The lowest BCUT2D eigenvalue weighted by Crippen LogP contribution is -2.44. The molecule has 2 N–H and O–H groups in total. The molecule has 1 rings (SSSR count). The molecule has 0 aromatic carbocycles. The van der Waals surface area contributed by atoms with Crippen LogP contribution in [-0.2, 0) is 4.79 Å². The van der Waals surface area contributed by atoms with E-state index in [-0.39, 0.29) is 17.7 Å². The molecule has 5 heteroatoms. The summed E-state index contributed by atoms with van der Waals surface area (Å²) < 4.78 is 0. The van der Waals surface area contributed by atoms with Gasteiger partial charge in [-0.2, -0.15) is 11.8 Å². The van der Waals surface area contributed by atoms with Crippen LogP contribution in [0.4, 0.5) is 4.79 Å². The van der Waals surface area contributed by atoms with Crippen LogP contribution in [0.15, 0.2) is 0 Å². The first kappa shape index (κ1) is 13.4. The van der Waals surface area contributed by atoms with Crippen molar-refractivity contribution in [2.45, 2.75) is 44.4 Å². The Morgan fingerprint density at radius 1 is 1.62 bits per heavy atom. The Kier molecular flexibility index (Phi) is 5.12. The number of amides is 1. The molecule has 2 atom stereocenters. The van der Waals surface area contributed by atoms with Gasteiger partial charge in [-0.1, -0.05) is 13.8 Å². The maximum atomic E-state index is 11.4. The summed E-state index contributed by atoms with van der Waals surface area (Å²) >= 11 is 1.79. The largest absolute Gasteiger partial charge is 0.465 e. The fraction of sp³-hybridized carbons (Fsp3) is 0.818. The molecule has 1 aliphatic rings. The Balaban J connectivity index is 2.50. The van der Waals surface area contributed by atoms with Gasteiger partial charge in [-0.05, 0) is 23.3 Å². The summed E-state index contributed by atoms with van der Waals surface area (Å²) in [5, 5.41) is 11.8. The van der Waals surface area contributed by atoms with Crippen LogP contribution in [0.1, 0.15) is 33.1 Å². The smallest absolute Gasteiger partial charge is 0.404 e. The molecule has 0 saturated heterocycles. The highest BCUT2D eigenvalue weighted by Gasteiger charge is 2.30. The zero-order valence-electron chi connectivity index (χ0n) is 9.73. The number of ketones is 1. The zero-order chi connectivity index (χ0) is 12.1. The van der Waals surface area contributed by atoms with Crippen LogP contribution >= 0.6 is 11.8 Å². The van der Waals surface area contributed by atoms with E-state index in [0.29, 0.717) is 24.5 Å². The van der Waals surface area contributed by atoms with E-state index in [1.165, 1.54) is 0 Å². The van der Waals surface area contributed by atoms with Crippen molar-refractivity contribution in [3.05, 3.63) is 0 Å². The zero-order valence-corrected chi connectivity index (χ0v) is 10.5. The number of hydrogen-bond donors (Lipinski definition) is 2. The van der Waals surface area contributed by atoms with E-state index in [9.17, 15) is 9.59 Å². The minimum atomic E-state index is -0.987. The van der Waals surface area contributed by atoms with E-state index < -0.39 is 6.09 Å². The van der Waals surface area contributed by atoms with Gasteiger partial charge in [-0.3, -0.25) is 4.79 Å². The molecule has 0 spiro atoms. The number of carbonyl (C=O) groups excluding carboxylic acids is 1. The molecule has 0 heterocycles. The van der Waals surface area contributed by atoms with Crippen LogP contribution in [-0.4, -0.2) is 34.0 Å². The lowest BCUT2D eigenvalue weighted by Gasteiger charge is -2.30. The first-order valence-electron chi connectivity index (χ1n) is 5.61. The Bertz CT molecular complexity index is 268. The lowest BCUT2D eigenvalue weighted by molar-refractivity contribution is -0.121. The van der Waals surface area contributed by atoms with Gasteiger partial charge in [0, 0.05) is 18.9 Å². The fourth-order valence-electron chi connectivity index (χ4n) is 1.93. The summed E-state index contributed by atoms with van der Waals surface area (Å²) in [5.41, 5.74) is 0. The number of carbonyl (C=O) groups is 2. The standard InChI is InChI=1S/C11H19NO3S/c1-7(2)16-6-8-5-9(13)3-4-10(8)12-11(14)15/h7-8,10,12H,3-6H2,1-2H3,(H,14,15)/t8-,10-/m0/s1. The number of thioether (sulfide) groups is 1. The highest BCUT2D eigenvalue weighted by Crippen LogP contribution is 2.27. The highest BCUT2D eigenvalue weighted by molar-refractivity contribution is 7.99. The summed E-state index contributed by atoms with van der Waals surface area (Å²) in [6.45, 7) is 4.21. The maximum Gasteiger partial charge on any atom is 0.404 e. The van der Waals surface area contributed by atoms with Crippen molar-refractivity contribution in [2.24, 2.45) is 5.92 Å². The van der Waals surface area contributed by atoms with Crippen molar-refractivity contribution in [3.63, 3.8) is 0 Å². The Morgan fingerprint density at radius 2 is 2.31 bits per heavy atom. The first-order valence-corrected chi connectivity index (χ1v) is 6.66. The molecule has 1 amide bonds. The van der Waals surface area contributed by atoms with Crippen molar-refractivity contribution in [1.29, 1.82) is 0 Å². The van der Waals surface area contributed by atoms with Gasteiger partial charge in [0.2, 0.25) is 0 Å². The van der Waals surface area contributed by atoms with E-state index in [1.54, 1.807) is 11.8 Å². The average Bonchev–Trinajstić information content (AvgIpc) is 2.17. The minimum absolute atomic E-state index is 0.0542. The SMILES string of the molecule is CC(C)SC[C@@H]1CC(=O)CC[C@@H]1NC(=O)O. The van der Waals surface area contributed by atoms with Crippen LogP contribution in [0.5, 0.6) is 0 Å². The third kappa shape index (κ3) is 4.43. The molecule has 0 bridgehead atoms. The second-order valence-electron chi connectivity index (χ2n) is 4.48. The van der Waals surface area contributed by atoms with Crippen molar-refractivity contribution in [1.82, 2.24) is 5.32 Å². The molecule has 16 heavy (non-hydrogen) atoms. The minimum Gasteiger partial charge on any atom is -0.465 e. The Morgan fingerprint density at radius 3 is 2.88 bits per heavy atom. The number of nitrogens with one attached hydrogen (secondary N) is 1. The maximum absolute atomic E-state index is 11.4. The van der Waals surface area contributed by atoms with Gasteiger partial charge < -0.3 is 10.4 Å². The normalized spacial score (nSPS) is 25.8. The molecular formula is C11H19NO3S. The summed E-state index contributed by atoms with van der Waals surface area (Å²) in [6.07, 6.45) is 0.686. The van der Waals surface area contributed by atoms with Gasteiger partial charge in [-0.15, -0.1) is 0 Å². The molecule has 0 aromatic rings. The highest BCUT2D eigenvalue weighted by atomic mass is 32.2. The number of rotatable bonds is 4. The van der Waals surface area contributed by atoms with Gasteiger partial charge in [0.05, 0.1) is 0 Å².